The smallest absolute Gasteiger partial charge is 0.284 e. The van der Waals surface area contributed by atoms with Crippen LogP contribution in [0.3, 0.4) is 0 Å². The molecule has 0 fully saturated rings. The molecule has 8 heteroatoms. The molecule has 0 bridgehead atoms. The maximum atomic E-state index is 12.3. The molecule has 0 unspecified atom stereocenters. The Morgan fingerprint density at radius 3 is 2.70 bits per heavy atom. The van der Waals surface area contributed by atoms with E-state index in [0.29, 0.717) is 35.1 Å². The van der Waals surface area contributed by atoms with E-state index < -0.39 is 5.91 Å². The normalized spacial score (nSPS) is 10.6. The van der Waals surface area contributed by atoms with Gasteiger partial charge in [0.2, 0.25) is 5.69 Å². The van der Waals surface area contributed by atoms with Crippen LogP contribution in [-0.4, -0.2) is 24.3 Å². The highest BCUT2D eigenvalue weighted by atomic mass is 32.1. The second-order valence-corrected chi connectivity index (χ2v) is 6.78. The third-order valence-corrected chi connectivity index (χ3v) is 4.89. The molecule has 2 heterocycles. The topological polar surface area (TPSA) is 97.5 Å². The van der Waals surface area contributed by atoms with Gasteiger partial charge in [0, 0.05) is 24.7 Å². The standard InChI is InChI=1S/C19H19N3O4S/c23-19(21-24)18-9-8-17(27-18)16-7-6-14(13-22(16)25)12-20-10-11-26-15-4-2-1-3-5-15/h1-9,13,20,24H,10-12H2,(H,21,23). The Labute approximate surface area is 160 Å². The minimum Gasteiger partial charge on any atom is -0.618 e. The third-order valence-electron chi connectivity index (χ3n) is 3.78. The second-order valence-electron chi connectivity index (χ2n) is 5.69. The molecule has 3 N–H and O–H groups in total. The minimum absolute atomic E-state index is 0.330. The van der Waals surface area contributed by atoms with Crippen molar-refractivity contribution < 1.29 is 19.5 Å². The summed E-state index contributed by atoms with van der Waals surface area (Å²) in [6.07, 6.45) is 1.51. The molecule has 0 radical (unpaired) electrons. The van der Waals surface area contributed by atoms with Gasteiger partial charge in [-0.25, -0.2) is 5.48 Å². The van der Waals surface area contributed by atoms with Crippen LogP contribution in [0, 0.1) is 5.21 Å². The first-order chi connectivity index (χ1) is 13.2. The molecule has 0 saturated heterocycles. The van der Waals surface area contributed by atoms with Crippen LogP contribution in [0.4, 0.5) is 0 Å². The molecule has 27 heavy (non-hydrogen) atoms. The van der Waals surface area contributed by atoms with Gasteiger partial charge in [-0.1, -0.05) is 18.2 Å². The molecule has 7 nitrogen and oxygen atoms in total. The van der Waals surface area contributed by atoms with Crippen molar-refractivity contribution in [1.29, 1.82) is 0 Å². The van der Waals surface area contributed by atoms with Crippen LogP contribution in [0.15, 0.2) is 60.8 Å². The number of pyridine rings is 1. The van der Waals surface area contributed by atoms with Gasteiger partial charge in [-0.2, -0.15) is 4.73 Å². The summed E-state index contributed by atoms with van der Waals surface area (Å²) >= 11 is 1.14. The Bertz CT molecular complexity index is 899. The summed E-state index contributed by atoms with van der Waals surface area (Å²) in [7, 11) is 0. The lowest BCUT2D eigenvalue weighted by atomic mass is 10.2. The van der Waals surface area contributed by atoms with Crippen molar-refractivity contribution in [2.75, 3.05) is 13.2 Å². The van der Waals surface area contributed by atoms with Crippen molar-refractivity contribution in [3.8, 4) is 16.3 Å². The van der Waals surface area contributed by atoms with Crippen molar-refractivity contribution in [1.82, 2.24) is 10.8 Å². The predicted molar refractivity (Wildman–Crippen MR) is 102 cm³/mol. The molecule has 2 aromatic heterocycles. The molecule has 0 aliphatic carbocycles. The number of rotatable bonds is 8. The molecule has 3 aromatic rings. The number of ether oxygens (including phenoxy) is 1. The Hall–Kier alpha value is -2.94. The number of nitrogens with zero attached hydrogens (tertiary/aromatic N) is 1. The zero-order chi connectivity index (χ0) is 19.1. The van der Waals surface area contributed by atoms with E-state index in [4.69, 9.17) is 9.94 Å². The number of nitrogens with one attached hydrogen (secondary N) is 2. The van der Waals surface area contributed by atoms with Crippen molar-refractivity contribution in [3.63, 3.8) is 0 Å². The number of carbonyl (C=O) groups excluding carboxylic acids is 1. The summed E-state index contributed by atoms with van der Waals surface area (Å²) in [4.78, 5) is 12.4. The summed E-state index contributed by atoms with van der Waals surface area (Å²) < 4.78 is 6.38. The number of aromatic nitrogens is 1. The summed E-state index contributed by atoms with van der Waals surface area (Å²) in [5.41, 5.74) is 2.88. The number of para-hydroxylation sites is 1. The van der Waals surface area contributed by atoms with Gasteiger partial charge in [-0.15, -0.1) is 11.3 Å². The van der Waals surface area contributed by atoms with Crippen molar-refractivity contribution in [2.24, 2.45) is 0 Å². The monoisotopic (exact) mass is 385 g/mol. The summed E-state index contributed by atoms with van der Waals surface area (Å²) in [5.74, 6) is 0.230. The maximum absolute atomic E-state index is 12.3. The van der Waals surface area contributed by atoms with E-state index in [1.807, 2.05) is 36.4 Å². The molecule has 0 atom stereocenters. The molecule has 0 saturated carbocycles. The Balaban J connectivity index is 1.52. The fourth-order valence-corrected chi connectivity index (χ4v) is 3.37. The molecule has 3 rings (SSSR count). The largest absolute Gasteiger partial charge is 0.618 e. The van der Waals surface area contributed by atoms with Crippen molar-refractivity contribution >= 4 is 17.2 Å². The number of thiophene rings is 1. The Morgan fingerprint density at radius 1 is 1.15 bits per heavy atom. The predicted octanol–water partition coefficient (Wildman–Crippen LogP) is 2.34. The Morgan fingerprint density at radius 2 is 1.96 bits per heavy atom. The molecule has 140 valence electrons. The summed E-state index contributed by atoms with van der Waals surface area (Å²) in [6.45, 7) is 1.73. The van der Waals surface area contributed by atoms with Gasteiger partial charge in [0.15, 0.2) is 6.20 Å². The van der Waals surface area contributed by atoms with Crippen LogP contribution in [-0.2, 0) is 6.54 Å². The first-order valence-corrected chi connectivity index (χ1v) is 9.14. The van der Waals surface area contributed by atoms with Crippen LogP contribution >= 0.6 is 11.3 Å². The highest BCUT2D eigenvalue weighted by Crippen LogP contribution is 2.25. The van der Waals surface area contributed by atoms with Crippen LogP contribution in [0.1, 0.15) is 15.2 Å². The third kappa shape index (κ3) is 5.04. The zero-order valence-electron chi connectivity index (χ0n) is 14.4. The molecular weight excluding hydrogens is 366 g/mol. The van der Waals surface area contributed by atoms with Crippen LogP contribution in [0.5, 0.6) is 5.75 Å². The number of hydrogen-bond acceptors (Lipinski definition) is 6. The van der Waals surface area contributed by atoms with Gasteiger partial charge in [-0.05, 0) is 30.3 Å². The van der Waals surface area contributed by atoms with E-state index >= 15 is 0 Å². The summed E-state index contributed by atoms with van der Waals surface area (Å²) in [5, 5.41) is 24.2. The van der Waals surface area contributed by atoms with E-state index in [2.05, 4.69) is 5.32 Å². The fourth-order valence-electron chi connectivity index (χ4n) is 2.46. The van der Waals surface area contributed by atoms with Crippen LogP contribution < -0.4 is 20.3 Å². The first kappa shape index (κ1) is 18.8. The van der Waals surface area contributed by atoms with Gasteiger partial charge >= 0.3 is 0 Å². The highest BCUT2D eigenvalue weighted by Gasteiger charge is 2.15. The first-order valence-electron chi connectivity index (χ1n) is 8.32. The van der Waals surface area contributed by atoms with E-state index in [0.717, 1.165) is 27.4 Å². The highest BCUT2D eigenvalue weighted by molar-refractivity contribution is 7.17. The molecule has 0 aliphatic heterocycles. The Kier molecular flexibility index (Phi) is 6.37. The van der Waals surface area contributed by atoms with Gasteiger partial charge < -0.3 is 15.3 Å². The molecule has 0 spiro atoms. The van der Waals surface area contributed by atoms with E-state index in [1.54, 1.807) is 23.7 Å². The lowest BCUT2D eigenvalue weighted by molar-refractivity contribution is -0.594. The molecular formula is C19H19N3O4S. The molecule has 1 aromatic carbocycles. The van der Waals surface area contributed by atoms with E-state index in [9.17, 15) is 10.0 Å². The lowest BCUT2D eigenvalue weighted by Gasteiger charge is -2.08. The quantitative estimate of drug-likeness (QED) is 0.182. The lowest BCUT2D eigenvalue weighted by Crippen LogP contribution is -2.30. The number of benzene rings is 1. The number of hydroxylamine groups is 1. The average molecular weight is 385 g/mol. The molecule has 1 amide bonds. The maximum Gasteiger partial charge on any atom is 0.284 e. The van der Waals surface area contributed by atoms with E-state index in [1.165, 1.54) is 6.20 Å². The van der Waals surface area contributed by atoms with E-state index in [-0.39, 0.29) is 0 Å². The van der Waals surface area contributed by atoms with Gasteiger partial charge in [0.1, 0.15) is 17.2 Å². The van der Waals surface area contributed by atoms with Gasteiger partial charge in [0.05, 0.1) is 4.88 Å². The number of amides is 1. The zero-order valence-corrected chi connectivity index (χ0v) is 15.2. The minimum atomic E-state index is -0.595. The van der Waals surface area contributed by atoms with Crippen molar-refractivity contribution in [2.45, 2.75) is 6.54 Å². The second kappa shape index (κ2) is 9.13. The SMILES string of the molecule is O=C(NO)c1ccc(-c2ccc(CNCCOc3ccccc3)c[n+]2[O-])s1. The van der Waals surface area contributed by atoms with Crippen molar-refractivity contribution in [3.05, 3.63) is 76.4 Å². The molecule has 0 aliphatic rings. The summed E-state index contributed by atoms with van der Waals surface area (Å²) in [6, 6.07) is 16.4. The fraction of sp³-hybridized carbons (Fsp3) is 0.158. The number of carbonyl (C=O) groups is 1. The van der Waals surface area contributed by atoms with Gasteiger partial charge in [-0.3, -0.25) is 10.0 Å². The number of hydrogen-bond donors (Lipinski definition) is 3. The average Bonchev–Trinajstić information content (AvgIpc) is 3.18. The van der Waals surface area contributed by atoms with Gasteiger partial charge in [0.25, 0.3) is 5.91 Å². The van der Waals surface area contributed by atoms with Crippen LogP contribution in [0.2, 0.25) is 0 Å². The van der Waals surface area contributed by atoms with Crippen LogP contribution in [0.25, 0.3) is 10.6 Å².